The average Bonchev–Trinajstić information content (AvgIpc) is 2.96. The van der Waals surface area contributed by atoms with Crippen LogP contribution in [-0.2, 0) is 11.2 Å². The summed E-state index contributed by atoms with van der Waals surface area (Å²) >= 11 is 0. The number of aliphatic hydroxyl groups is 1. The molecule has 3 heteroatoms. The quantitative estimate of drug-likeness (QED) is 0.855. The van der Waals surface area contributed by atoms with Gasteiger partial charge in [0.2, 0.25) is 0 Å². The number of ether oxygens (including phenoxy) is 2. The summed E-state index contributed by atoms with van der Waals surface area (Å²) in [6, 6.07) is 6.34. The first-order valence-electron chi connectivity index (χ1n) is 7.69. The third-order valence-corrected chi connectivity index (χ3v) is 5.79. The molecule has 2 fully saturated rings. The van der Waals surface area contributed by atoms with Gasteiger partial charge in [0.05, 0.1) is 19.3 Å². The lowest BCUT2D eigenvalue weighted by atomic mass is 9.58. The fourth-order valence-electron chi connectivity index (χ4n) is 4.71. The second-order valence-electron chi connectivity index (χ2n) is 6.59. The molecule has 1 saturated heterocycles. The number of benzene rings is 1. The molecule has 0 radical (unpaired) electrons. The minimum absolute atomic E-state index is 0.278. The van der Waals surface area contributed by atoms with Crippen LogP contribution in [-0.4, -0.2) is 31.0 Å². The number of aryl methyl sites for hydroxylation is 1. The van der Waals surface area contributed by atoms with Gasteiger partial charge in [-0.15, -0.1) is 0 Å². The number of fused-ring (bicyclic) bond motifs is 5. The number of hydrogen-bond donors (Lipinski definition) is 1. The van der Waals surface area contributed by atoms with Gasteiger partial charge in [-0.25, -0.2) is 0 Å². The molecule has 4 atom stereocenters. The van der Waals surface area contributed by atoms with Gasteiger partial charge in [-0.3, -0.25) is 0 Å². The van der Waals surface area contributed by atoms with Crippen LogP contribution in [0.15, 0.2) is 18.2 Å². The van der Waals surface area contributed by atoms with E-state index < -0.39 is 5.60 Å². The van der Waals surface area contributed by atoms with Crippen molar-refractivity contribution >= 4 is 0 Å². The van der Waals surface area contributed by atoms with Crippen molar-refractivity contribution in [2.45, 2.75) is 37.2 Å². The number of methoxy groups -OCH3 is 1. The van der Waals surface area contributed by atoms with E-state index in [-0.39, 0.29) is 5.92 Å². The van der Waals surface area contributed by atoms with Crippen LogP contribution in [0.25, 0.3) is 0 Å². The van der Waals surface area contributed by atoms with Crippen molar-refractivity contribution in [2.75, 3.05) is 20.3 Å². The molecule has 3 nitrogen and oxygen atoms in total. The third-order valence-electron chi connectivity index (χ3n) is 5.79. The standard InChI is InChI=1S/C17H22O3/c1-19-13-3-4-14-11(8-13)6-7-17(18)15(14)5-2-12-9-20-10-16(12)17/h3-4,8,12,15-16,18H,2,5-7,9-10H2,1H3/t12-,15+,16+,17-/m0/s1. The van der Waals surface area contributed by atoms with Crippen LogP contribution in [0.3, 0.4) is 0 Å². The molecule has 1 aromatic carbocycles. The first kappa shape index (κ1) is 12.7. The Hall–Kier alpha value is -1.06. The minimum atomic E-state index is -0.555. The molecule has 0 spiro atoms. The summed E-state index contributed by atoms with van der Waals surface area (Å²) in [5.74, 6) is 2.10. The van der Waals surface area contributed by atoms with Gasteiger partial charge in [-0.1, -0.05) is 6.07 Å². The molecule has 1 heterocycles. The Balaban J connectivity index is 1.74. The average molecular weight is 274 g/mol. The Bertz CT molecular complexity index is 527. The molecular weight excluding hydrogens is 252 g/mol. The molecule has 20 heavy (non-hydrogen) atoms. The Morgan fingerprint density at radius 2 is 2.20 bits per heavy atom. The maximum Gasteiger partial charge on any atom is 0.119 e. The lowest BCUT2D eigenvalue weighted by Crippen LogP contribution is -2.52. The molecule has 1 aromatic rings. The van der Waals surface area contributed by atoms with Crippen LogP contribution in [0.5, 0.6) is 5.75 Å². The van der Waals surface area contributed by atoms with E-state index in [1.807, 2.05) is 6.07 Å². The van der Waals surface area contributed by atoms with E-state index in [1.165, 1.54) is 17.5 Å². The Morgan fingerprint density at radius 3 is 3.05 bits per heavy atom. The summed E-state index contributed by atoms with van der Waals surface area (Å²) in [7, 11) is 1.71. The molecule has 0 amide bonds. The van der Waals surface area contributed by atoms with E-state index in [2.05, 4.69) is 12.1 Å². The van der Waals surface area contributed by atoms with E-state index >= 15 is 0 Å². The molecule has 0 bridgehead atoms. The zero-order valence-electron chi connectivity index (χ0n) is 12.0. The van der Waals surface area contributed by atoms with Crippen LogP contribution in [0.4, 0.5) is 0 Å². The Morgan fingerprint density at radius 1 is 1.30 bits per heavy atom. The maximum absolute atomic E-state index is 11.3. The highest BCUT2D eigenvalue weighted by atomic mass is 16.5. The maximum atomic E-state index is 11.3. The largest absolute Gasteiger partial charge is 0.497 e. The molecule has 2 aliphatic carbocycles. The van der Waals surface area contributed by atoms with E-state index in [9.17, 15) is 5.11 Å². The van der Waals surface area contributed by atoms with Crippen LogP contribution in [0, 0.1) is 11.8 Å². The van der Waals surface area contributed by atoms with Gasteiger partial charge in [-0.05, 0) is 54.9 Å². The predicted octanol–water partition coefficient (Wildman–Crippen LogP) is 2.51. The number of rotatable bonds is 1. The van der Waals surface area contributed by atoms with E-state index in [1.54, 1.807) is 7.11 Å². The Kier molecular flexibility index (Phi) is 2.83. The van der Waals surface area contributed by atoms with Crippen molar-refractivity contribution in [3.05, 3.63) is 29.3 Å². The second-order valence-corrected chi connectivity index (χ2v) is 6.59. The fourth-order valence-corrected chi connectivity index (χ4v) is 4.71. The van der Waals surface area contributed by atoms with Crippen molar-refractivity contribution in [1.29, 1.82) is 0 Å². The van der Waals surface area contributed by atoms with Gasteiger partial charge < -0.3 is 14.6 Å². The molecule has 3 aliphatic rings. The molecular formula is C17H22O3. The van der Waals surface area contributed by atoms with Crippen LogP contribution >= 0.6 is 0 Å². The van der Waals surface area contributed by atoms with Gasteiger partial charge in [0.25, 0.3) is 0 Å². The topological polar surface area (TPSA) is 38.7 Å². The zero-order chi connectivity index (χ0) is 13.7. The first-order valence-corrected chi connectivity index (χ1v) is 7.69. The van der Waals surface area contributed by atoms with Crippen molar-refractivity contribution in [3.8, 4) is 5.75 Å². The predicted molar refractivity (Wildman–Crippen MR) is 76.0 cm³/mol. The third kappa shape index (κ3) is 1.66. The molecule has 0 unspecified atom stereocenters. The number of hydrogen-bond acceptors (Lipinski definition) is 3. The van der Waals surface area contributed by atoms with Crippen molar-refractivity contribution in [2.24, 2.45) is 11.8 Å². The van der Waals surface area contributed by atoms with Gasteiger partial charge in [0.15, 0.2) is 0 Å². The smallest absolute Gasteiger partial charge is 0.119 e. The lowest BCUT2D eigenvalue weighted by Gasteiger charge is -2.50. The molecule has 108 valence electrons. The van der Waals surface area contributed by atoms with Gasteiger partial charge in [0.1, 0.15) is 5.75 Å². The van der Waals surface area contributed by atoms with E-state index in [0.29, 0.717) is 11.8 Å². The summed E-state index contributed by atoms with van der Waals surface area (Å²) < 4.78 is 11.0. The van der Waals surface area contributed by atoms with Crippen molar-refractivity contribution in [3.63, 3.8) is 0 Å². The van der Waals surface area contributed by atoms with Crippen LogP contribution in [0.1, 0.15) is 36.3 Å². The lowest BCUT2D eigenvalue weighted by molar-refractivity contribution is -0.0894. The van der Waals surface area contributed by atoms with Crippen LogP contribution in [0.2, 0.25) is 0 Å². The molecule has 0 aromatic heterocycles. The van der Waals surface area contributed by atoms with Crippen LogP contribution < -0.4 is 4.74 Å². The molecule has 1 N–H and O–H groups in total. The highest BCUT2D eigenvalue weighted by Crippen LogP contribution is 2.54. The van der Waals surface area contributed by atoms with Gasteiger partial charge >= 0.3 is 0 Å². The summed E-state index contributed by atoms with van der Waals surface area (Å²) in [4.78, 5) is 0. The van der Waals surface area contributed by atoms with E-state index in [0.717, 1.165) is 38.2 Å². The highest BCUT2D eigenvalue weighted by molar-refractivity contribution is 5.42. The Labute approximate surface area is 119 Å². The SMILES string of the molecule is COc1ccc2c(c1)CC[C@]1(O)[C@@H]2CC[C@H]2COC[C@H]21. The molecule has 1 saturated carbocycles. The van der Waals surface area contributed by atoms with Crippen molar-refractivity contribution < 1.29 is 14.6 Å². The second kappa shape index (κ2) is 4.47. The van der Waals surface area contributed by atoms with Gasteiger partial charge in [-0.2, -0.15) is 0 Å². The fraction of sp³-hybridized carbons (Fsp3) is 0.647. The minimum Gasteiger partial charge on any atom is -0.497 e. The summed E-state index contributed by atoms with van der Waals surface area (Å²) in [6.45, 7) is 1.58. The monoisotopic (exact) mass is 274 g/mol. The summed E-state index contributed by atoms with van der Waals surface area (Å²) in [5.41, 5.74) is 2.14. The first-order chi connectivity index (χ1) is 9.72. The highest BCUT2D eigenvalue weighted by Gasteiger charge is 2.54. The summed E-state index contributed by atoms with van der Waals surface area (Å²) in [6.07, 6.45) is 4.08. The van der Waals surface area contributed by atoms with Gasteiger partial charge in [0, 0.05) is 18.4 Å². The van der Waals surface area contributed by atoms with E-state index in [4.69, 9.17) is 9.47 Å². The molecule has 1 aliphatic heterocycles. The molecule has 4 rings (SSSR count). The van der Waals surface area contributed by atoms with Crippen molar-refractivity contribution in [1.82, 2.24) is 0 Å². The summed E-state index contributed by atoms with van der Waals surface area (Å²) in [5, 5.41) is 11.3. The normalized spacial score (nSPS) is 38.8. The zero-order valence-corrected chi connectivity index (χ0v) is 12.0.